The van der Waals surface area contributed by atoms with Gasteiger partial charge in [0.15, 0.2) is 0 Å². The van der Waals surface area contributed by atoms with Gasteiger partial charge in [-0.15, -0.1) is 0 Å². The van der Waals surface area contributed by atoms with Crippen LogP contribution in [0.5, 0.6) is 0 Å². The van der Waals surface area contributed by atoms with E-state index in [0.29, 0.717) is 18.0 Å². The van der Waals surface area contributed by atoms with Gasteiger partial charge in [0.05, 0.1) is 23.1 Å². The van der Waals surface area contributed by atoms with Crippen LogP contribution < -0.4 is 5.32 Å². The molecular weight excluding hydrogens is 334 g/mol. The molecule has 1 fully saturated rings. The standard InChI is InChI=1S/C23H25N3O/c1-15-11-16(2)20(17(3)12-15)13-24-23(27)21-14-25-26(22(21)18-9-10-18)19-7-5-4-6-8-19/h4-8,11-12,14,18H,9-10,13H2,1-3H3,(H,24,27). The number of aryl methyl sites for hydroxylation is 3. The fourth-order valence-corrected chi connectivity index (χ4v) is 3.81. The summed E-state index contributed by atoms with van der Waals surface area (Å²) < 4.78 is 1.93. The fourth-order valence-electron chi connectivity index (χ4n) is 3.81. The zero-order valence-corrected chi connectivity index (χ0v) is 16.1. The third-order valence-electron chi connectivity index (χ3n) is 5.28. The second kappa shape index (κ2) is 7.03. The van der Waals surface area contributed by atoms with Crippen LogP contribution in [0.25, 0.3) is 5.69 Å². The van der Waals surface area contributed by atoms with Crippen molar-refractivity contribution >= 4 is 5.91 Å². The number of rotatable bonds is 5. The molecule has 1 aliphatic rings. The molecule has 1 N–H and O–H groups in total. The maximum atomic E-state index is 12.9. The van der Waals surface area contributed by atoms with Gasteiger partial charge in [-0.2, -0.15) is 5.10 Å². The Morgan fingerprint density at radius 1 is 1.11 bits per heavy atom. The molecule has 0 unspecified atom stereocenters. The van der Waals surface area contributed by atoms with Gasteiger partial charge in [0.1, 0.15) is 0 Å². The Bertz CT molecular complexity index is 961. The van der Waals surface area contributed by atoms with Crippen molar-refractivity contribution in [2.45, 2.75) is 46.1 Å². The molecule has 4 rings (SSSR count). The summed E-state index contributed by atoms with van der Waals surface area (Å²) in [7, 11) is 0. The fraction of sp³-hybridized carbons (Fsp3) is 0.304. The molecule has 1 amide bonds. The Morgan fingerprint density at radius 3 is 2.41 bits per heavy atom. The van der Waals surface area contributed by atoms with Crippen molar-refractivity contribution < 1.29 is 4.79 Å². The first kappa shape index (κ1) is 17.5. The van der Waals surface area contributed by atoms with Crippen LogP contribution in [-0.4, -0.2) is 15.7 Å². The van der Waals surface area contributed by atoms with E-state index in [1.165, 1.54) is 22.3 Å². The maximum absolute atomic E-state index is 12.9. The summed E-state index contributed by atoms with van der Waals surface area (Å²) in [5.74, 6) is 0.384. The molecule has 0 bridgehead atoms. The Morgan fingerprint density at radius 2 is 1.78 bits per heavy atom. The van der Waals surface area contributed by atoms with E-state index in [2.05, 4.69) is 43.3 Å². The SMILES string of the molecule is Cc1cc(C)c(CNC(=O)c2cnn(-c3ccccc3)c2C2CC2)c(C)c1. The first-order valence-corrected chi connectivity index (χ1v) is 9.53. The van der Waals surface area contributed by atoms with Crippen molar-refractivity contribution in [3.63, 3.8) is 0 Å². The molecule has 2 aromatic carbocycles. The molecule has 1 saturated carbocycles. The minimum atomic E-state index is -0.0431. The van der Waals surface area contributed by atoms with Crippen molar-refractivity contribution in [3.8, 4) is 5.69 Å². The number of benzene rings is 2. The van der Waals surface area contributed by atoms with E-state index < -0.39 is 0 Å². The largest absolute Gasteiger partial charge is 0.348 e. The van der Waals surface area contributed by atoms with Crippen LogP contribution in [0.3, 0.4) is 0 Å². The first-order valence-electron chi connectivity index (χ1n) is 9.53. The van der Waals surface area contributed by atoms with Gasteiger partial charge < -0.3 is 5.32 Å². The first-order chi connectivity index (χ1) is 13.0. The number of hydrogen-bond acceptors (Lipinski definition) is 2. The molecule has 0 saturated heterocycles. The number of carbonyl (C=O) groups excluding carboxylic acids is 1. The number of amides is 1. The van der Waals surface area contributed by atoms with Crippen LogP contribution in [0.4, 0.5) is 0 Å². The van der Waals surface area contributed by atoms with E-state index in [4.69, 9.17) is 0 Å². The highest BCUT2D eigenvalue weighted by Crippen LogP contribution is 2.42. The lowest BCUT2D eigenvalue weighted by Gasteiger charge is -2.13. The van der Waals surface area contributed by atoms with Gasteiger partial charge in [0.25, 0.3) is 5.91 Å². The minimum Gasteiger partial charge on any atom is -0.348 e. The topological polar surface area (TPSA) is 46.9 Å². The second-order valence-electron chi connectivity index (χ2n) is 7.53. The monoisotopic (exact) mass is 359 g/mol. The highest BCUT2D eigenvalue weighted by Gasteiger charge is 2.32. The number of nitrogens with zero attached hydrogens (tertiary/aromatic N) is 2. The summed E-state index contributed by atoms with van der Waals surface area (Å²) in [5.41, 5.74) is 7.62. The molecule has 0 atom stereocenters. The number of para-hydroxylation sites is 1. The third-order valence-corrected chi connectivity index (χ3v) is 5.28. The summed E-state index contributed by atoms with van der Waals surface area (Å²) in [6, 6.07) is 14.4. The molecule has 0 spiro atoms. The number of aromatic nitrogens is 2. The van der Waals surface area contributed by atoms with E-state index in [0.717, 1.165) is 24.2 Å². The van der Waals surface area contributed by atoms with Crippen molar-refractivity contribution in [1.29, 1.82) is 0 Å². The number of hydrogen-bond donors (Lipinski definition) is 1. The summed E-state index contributed by atoms with van der Waals surface area (Å²) in [6.45, 7) is 6.84. The van der Waals surface area contributed by atoms with E-state index in [9.17, 15) is 4.79 Å². The molecule has 1 aromatic heterocycles. The third kappa shape index (κ3) is 3.52. The van der Waals surface area contributed by atoms with Crippen molar-refractivity contribution in [1.82, 2.24) is 15.1 Å². The number of carbonyl (C=O) groups is 1. The number of nitrogens with one attached hydrogen (secondary N) is 1. The maximum Gasteiger partial charge on any atom is 0.255 e. The highest BCUT2D eigenvalue weighted by atomic mass is 16.1. The zero-order chi connectivity index (χ0) is 19.0. The lowest BCUT2D eigenvalue weighted by molar-refractivity contribution is 0.0950. The molecular formula is C23H25N3O. The van der Waals surface area contributed by atoms with Gasteiger partial charge in [-0.3, -0.25) is 4.79 Å². The molecule has 27 heavy (non-hydrogen) atoms. The van der Waals surface area contributed by atoms with Crippen LogP contribution >= 0.6 is 0 Å². The normalized spacial score (nSPS) is 13.6. The van der Waals surface area contributed by atoms with Gasteiger partial charge in [0.2, 0.25) is 0 Å². The summed E-state index contributed by atoms with van der Waals surface area (Å²) in [5, 5.41) is 7.64. The van der Waals surface area contributed by atoms with Crippen molar-refractivity contribution in [2.75, 3.05) is 0 Å². The molecule has 4 heteroatoms. The quantitative estimate of drug-likeness (QED) is 0.723. The van der Waals surface area contributed by atoms with E-state index in [1.807, 2.05) is 35.0 Å². The molecule has 4 nitrogen and oxygen atoms in total. The lowest BCUT2D eigenvalue weighted by atomic mass is 10.00. The van der Waals surface area contributed by atoms with Gasteiger partial charge in [-0.1, -0.05) is 35.9 Å². The summed E-state index contributed by atoms with van der Waals surface area (Å²) in [6.07, 6.45) is 3.95. The predicted octanol–water partition coefficient (Wildman–Crippen LogP) is 4.60. The van der Waals surface area contributed by atoms with E-state index >= 15 is 0 Å². The Hall–Kier alpha value is -2.88. The molecule has 138 valence electrons. The zero-order valence-electron chi connectivity index (χ0n) is 16.1. The predicted molar refractivity (Wildman–Crippen MR) is 107 cm³/mol. The molecule has 1 aliphatic carbocycles. The van der Waals surface area contributed by atoms with Gasteiger partial charge in [-0.05, 0) is 62.4 Å². The van der Waals surface area contributed by atoms with Gasteiger partial charge in [0, 0.05) is 12.5 Å². The Labute approximate surface area is 160 Å². The Balaban J connectivity index is 1.59. The smallest absolute Gasteiger partial charge is 0.255 e. The average molecular weight is 359 g/mol. The van der Waals surface area contributed by atoms with Gasteiger partial charge >= 0.3 is 0 Å². The van der Waals surface area contributed by atoms with Crippen LogP contribution in [0.2, 0.25) is 0 Å². The second-order valence-corrected chi connectivity index (χ2v) is 7.53. The molecule has 0 radical (unpaired) electrons. The summed E-state index contributed by atoms with van der Waals surface area (Å²) >= 11 is 0. The van der Waals surface area contributed by atoms with Crippen LogP contribution in [0.1, 0.15) is 57.1 Å². The van der Waals surface area contributed by atoms with E-state index in [1.54, 1.807) is 6.20 Å². The molecule has 1 heterocycles. The summed E-state index contributed by atoms with van der Waals surface area (Å²) in [4.78, 5) is 12.9. The minimum absolute atomic E-state index is 0.0431. The highest BCUT2D eigenvalue weighted by molar-refractivity contribution is 5.95. The van der Waals surface area contributed by atoms with E-state index in [-0.39, 0.29) is 5.91 Å². The van der Waals surface area contributed by atoms with Crippen molar-refractivity contribution in [3.05, 3.63) is 82.2 Å². The average Bonchev–Trinajstić information content (AvgIpc) is 3.39. The van der Waals surface area contributed by atoms with Crippen LogP contribution in [-0.2, 0) is 6.54 Å². The van der Waals surface area contributed by atoms with Gasteiger partial charge in [-0.25, -0.2) is 4.68 Å². The Kier molecular flexibility index (Phi) is 4.56. The van der Waals surface area contributed by atoms with Crippen LogP contribution in [0.15, 0.2) is 48.7 Å². The molecule has 0 aliphatic heterocycles. The molecule has 3 aromatic rings. The van der Waals surface area contributed by atoms with Crippen LogP contribution in [0, 0.1) is 20.8 Å². The lowest BCUT2D eigenvalue weighted by Crippen LogP contribution is -2.24. The van der Waals surface area contributed by atoms with Crippen molar-refractivity contribution in [2.24, 2.45) is 0 Å².